The van der Waals surface area contributed by atoms with Crippen LogP contribution in [0.1, 0.15) is 39.8 Å². The van der Waals surface area contributed by atoms with Gasteiger partial charge in [-0.25, -0.2) is 18.6 Å². The largest absolute Gasteiger partial charge is 0.444 e. The Labute approximate surface area is 184 Å². The molecule has 0 aliphatic carbocycles. The van der Waals surface area contributed by atoms with Crippen molar-refractivity contribution in [3.63, 3.8) is 0 Å². The quantitative estimate of drug-likeness (QED) is 0.711. The standard InChI is InChI=1S/C22H23ClF2N4O2/c1-21(2,3)31-20(30)28-22(4)5-6-29(12-22)19-17(10-26)27-11-16(23)18(19)13-7-14(24)9-15(25)8-13/h7-9,11H,5-6,12H2,1-4H3,(H,28,30)/t22-/m0/s1. The van der Waals surface area contributed by atoms with Gasteiger partial charge in [-0.3, -0.25) is 0 Å². The Balaban J connectivity index is 1.99. The molecule has 0 radical (unpaired) electrons. The number of halogens is 3. The fraction of sp³-hybridized carbons (Fsp3) is 0.409. The van der Waals surface area contributed by atoms with Crippen LogP contribution in [-0.4, -0.2) is 35.3 Å². The fourth-order valence-electron chi connectivity index (χ4n) is 3.64. The fourth-order valence-corrected chi connectivity index (χ4v) is 3.89. The Morgan fingerprint density at radius 3 is 2.55 bits per heavy atom. The van der Waals surface area contributed by atoms with Crippen molar-refractivity contribution < 1.29 is 18.3 Å². The van der Waals surface area contributed by atoms with Crippen LogP contribution < -0.4 is 10.2 Å². The number of nitrogens with one attached hydrogen (secondary N) is 1. The van der Waals surface area contributed by atoms with Crippen LogP contribution in [-0.2, 0) is 4.74 Å². The first-order valence-electron chi connectivity index (χ1n) is 9.72. The van der Waals surface area contributed by atoms with Crippen molar-refractivity contribution in [2.45, 2.75) is 45.3 Å². The third kappa shape index (κ3) is 5.23. The zero-order chi connectivity index (χ0) is 23.0. The molecule has 1 aliphatic rings. The van der Waals surface area contributed by atoms with Gasteiger partial charge in [0.2, 0.25) is 0 Å². The lowest BCUT2D eigenvalue weighted by molar-refractivity contribution is 0.0473. The maximum atomic E-state index is 13.9. The van der Waals surface area contributed by atoms with Gasteiger partial charge in [0, 0.05) is 30.9 Å². The van der Waals surface area contributed by atoms with Crippen LogP contribution in [0.4, 0.5) is 19.3 Å². The van der Waals surface area contributed by atoms with Crippen LogP contribution in [0.5, 0.6) is 0 Å². The molecular weight excluding hydrogens is 426 g/mol. The van der Waals surface area contributed by atoms with E-state index in [2.05, 4.69) is 10.3 Å². The maximum absolute atomic E-state index is 13.9. The monoisotopic (exact) mass is 448 g/mol. The van der Waals surface area contributed by atoms with Gasteiger partial charge in [0.1, 0.15) is 23.3 Å². The highest BCUT2D eigenvalue weighted by molar-refractivity contribution is 6.34. The lowest BCUT2D eigenvalue weighted by atomic mass is 10.0. The van der Waals surface area contributed by atoms with Crippen LogP contribution >= 0.6 is 11.6 Å². The van der Waals surface area contributed by atoms with E-state index in [1.165, 1.54) is 6.20 Å². The zero-order valence-corrected chi connectivity index (χ0v) is 18.5. The van der Waals surface area contributed by atoms with E-state index in [1.54, 1.807) is 20.8 Å². The van der Waals surface area contributed by atoms with Crippen LogP contribution in [0.25, 0.3) is 11.1 Å². The second-order valence-electron chi connectivity index (χ2n) is 8.81. The minimum atomic E-state index is -0.759. The van der Waals surface area contributed by atoms with E-state index in [1.807, 2.05) is 17.9 Å². The van der Waals surface area contributed by atoms with Crippen molar-refractivity contribution in [2.24, 2.45) is 0 Å². The van der Waals surface area contributed by atoms with Crippen LogP contribution in [0, 0.1) is 23.0 Å². The molecule has 9 heteroatoms. The van der Waals surface area contributed by atoms with Crippen LogP contribution in [0.2, 0.25) is 5.02 Å². The van der Waals surface area contributed by atoms with Crippen LogP contribution in [0.3, 0.4) is 0 Å². The third-order valence-electron chi connectivity index (χ3n) is 4.86. The predicted molar refractivity (Wildman–Crippen MR) is 114 cm³/mol. The maximum Gasteiger partial charge on any atom is 0.408 e. The molecule has 164 valence electrons. The molecule has 1 atom stereocenters. The first-order valence-corrected chi connectivity index (χ1v) is 10.1. The first kappa shape index (κ1) is 22.8. The highest BCUT2D eigenvalue weighted by atomic mass is 35.5. The van der Waals surface area contributed by atoms with Gasteiger partial charge in [0.15, 0.2) is 5.69 Å². The Bertz CT molecular complexity index is 1040. The molecule has 1 aromatic heterocycles. The topological polar surface area (TPSA) is 78.2 Å². The Morgan fingerprint density at radius 2 is 1.97 bits per heavy atom. The second kappa shape index (κ2) is 8.31. The second-order valence-corrected chi connectivity index (χ2v) is 9.21. The summed E-state index contributed by atoms with van der Waals surface area (Å²) in [5.74, 6) is -1.52. The lowest BCUT2D eigenvalue weighted by Gasteiger charge is -2.29. The summed E-state index contributed by atoms with van der Waals surface area (Å²) in [5, 5.41) is 12.7. The van der Waals surface area contributed by atoms with Crippen molar-refractivity contribution in [2.75, 3.05) is 18.0 Å². The number of hydrogen-bond acceptors (Lipinski definition) is 5. The van der Waals surface area contributed by atoms with E-state index in [0.29, 0.717) is 30.8 Å². The predicted octanol–water partition coefficient (Wildman–Crippen LogP) is 5.05. The molecule has 3 rings (SSSR count). The Kier molecular flexibility index (Phi) is 6.10. The number of pyridine rings is 1. The van der Waals surface area contributed by atoms with E-state index < -0.39 is 28.9 Å². The summed E-state index contributed by atoms with van der Waals surface area (Å²) in [7, 11) is 0. The average molecular weight is 449 g/mol. The zero-order valence-electron chi connectivity index (χ0n) is 17.7. The highest BCUT2D eigenvalue weighted by Crippen LogP contribution is 2.41. The summed E-state index contributed by atoms with van der Waals surface area (Å²) >= 11 is 6.37. The van der Waals surface area contributed by atoms with Gasteiger partial charge in [-0.2, -0.15) is 5.26 Å². The molecule has 1 N–H and O–H groups in total. The molecule has 0 unspecified atom stereocenters. The summed E-state index contributed by atoms with van der Waals surface area (Å²) in [5.41, 5.74) is -0.335. The number of benzene rings is 1. The van der Waals surface area contributed by atoms with Gasteiger partial charge in [0.05, 0.1) is 16.2 Å². The van der Waals surface area contributed by atoms with E-state index in [9.17, 15) is 18.8 Å². The first-order chi connectivity index (χ1) is 14.4. The van der Waals surface area contributed by atoms with E-state index in [4.69, 9.17) is 16.3 Å². The molecule has 0 bridgehead atoms. The number of anilines is 1. The van der Waals surface area contributed by atoms with E-state index in [-0.39, 0.29) is 16.3 Å². The Hall–Kier alpha value is -2.92. The molecular formula is C22H23ClF2N4O2. The van der Waals surface area contributed by atoms with Gasteiger partial charge in [0.25, 0.3) is 0 Å². The molecule has 6 nitrogen and oxygen atoms in total. The van der Waals surface area contributed by atoms with Gasteiger partial charge in [-0.1, -0.05) is 11.6 Å². The number of carbonyl (C=O) groups excluding carboxylic acids is 1. The molecule has 1 aromatic carbocycles. The smallest absolute Gasteiger partial charge is 0.408 e. The molecule has 1 aliphatic heterocycles. The summed E-state index contributed by atoms with van der Waals surface area (Å²) in [6.45, 7) is 7.98. The highest BCUT2D eigenvalue weighted by Gasteiger charge is 2.38. The molecule has 31 heavy (non-hydrogen) atoms. The molecule has 1 saturated heterocycles. The van der Waals surface area contributed by atoms with Crippen LogP contribution in [0.15, 0.2) is 24.4 Å². The number of hydrogen-bond donors (Lipinski definition) is 1. The number of nitrogens with zero attached hydrogens (tertiary/aromatic N) is 3. The van der Waals surface area contributed by atoms with Gasteiger partial charge >= 0.3 is 6.09 Å². The van der Waals surface area contributed by atoms with Crippen molar-refractivity contribution in [3.8, 4) is 17.2 Å². The number of carbonyl (C=O) groups is 1. The number of alkyl carbamates (subject to hydrolysis) is 1. The summed E-state index contributed by atoms with van der Waals surface area (Å²) in [4.78, 5) is 18.2. The summed E-state index contributed by atoms with van der Waals surface area (Å²) < 4.78 is 33.2. The summed E-state index contributed by atoms with van der Waals surface area (Å²) in [6, 6.07) is 5.10. The van der Waals surface area contributed by atoms with Gasteiger partial charge in [-0.05, 0) is 51.8 Å². The minimum absolute atomic E-state index is 0.0746. The molecule has 1 fully saturated rings. The minimum Gasteiger partial charge on any atom is -0.444 e. The molecule has 1 amide bonds. The summed E-state index contributed by atoms with van der Waals surface area (Å²) in [6.07, 6.45) is 1.30. The molecule has 2 heterocycles. The Morgan fingerprint density at radius 1 is 1.32 bits per heavy atom. The molecule has 0 saturated carbocycles. The number of nitriles is 1. The van der Waals surface area contributed by atoms with Gasteiger partial charge in [-0.15, -0.1) is 0 Å². The van der Waals surface area contributed by atoms with Crippen molar-refractivity contribution >= 4 is 23.4 Å². The number of ether oxygens (including phenoxy) is 1. The normalized spacial score (nSPS) is 18.6. The van der Waals surface area contributed by atoms with Crippen molar-refractivity contribution in [1.29, 1.82) is 5.26 Å². The SMILES string of the molecule is CC(C)(C)OC(=O)N[C@@]1(C)CCN(c2c(C#N)ncc(Cl)c2-c2cc(F)cc(F)c2)C1. The third-order valence-corrected chi connectivity index (χ3v) is 5.14. The number of aromatic nitrogens is 1. The van der Waals surface area contributed by atoms with E-state index >= 15 is 0 Å². The number of amides is 1. The lowest BCUT2D eigenvalue weighted by Crippen LogP contribution is -2.49. The average Bonchev–Trinajstić information content (AvgIpc) is 3.00. The van der Waals surface area contributed by atoms with E-state index in [0.717, 1.165) is 18.2 Å². The van der Waals surface area contributed by atoms with Crippen molar-refractivity contribution in [3.05, 3.63) is 46.7 Å². The number of rotatable bonds is 3. The van der Waals surface area contributed by atoms with Gasteiger partial charge < -0.3 is 15.0 Å². The molecule has 2 aromatic rings. The van der Waals surface area contributed by atoms with Crippen molar-refractivity contribution in [1.82, 2.24) is 10.3 Å². The molecule has 0 spiro atoms.